The van der Waals surface area contributed by atoms with Crippen molar-refractivity contribution < 1.29 is 0 Å². The molecule has 0 amide bonds. The minimum Gasteiger partial charge on any atom is -0.324 e. The van der Waals surface area contributed by atoms with Gasteiger partial charge in [0.1, 0.15) is 0 Å². The predicted octanol–water partition coefficient (Wildman–Crippen LogP) is 2.99. The quantitative estimate of drug-likeness (QED) is 0.840. The molecule has 1 heterocycles. The fourth-order valence-corrected chi connectivity index (χ4v) is 2.26. The van der Waals surface area contributed by atoms with E-state index in [2.05, 4.69) is 35.0 Å². The first-order valence-electron chi connectivity index (χ1n) is 7.22. The first-order chi connectivity index (χ1) is 9.79. The summed E-state index contributed by atoms with van der Waals surface area (Å²) in [6, 6.07) is 16.5. The van der Waals surface area contributed by atoms with Gasteiger partial charge < -0.3 is 5.73 Å². The fraction of sp³-hybridized carbons (Fsp3) is 0.353. The van der Waals surface area contributed by atoms with Gasteiger partial charge in [-0.1, -0.05) is 43.3 Å². The molecule has 0 bridgehead atoms. The van der Waals surface area contributed by atoms with Gasteiger partial charge in [0.15, 0.2) is 0 Å². The highest BCUT2D eigenvalue weighted by atomic mass is 15.1. The second kappa shape index (κ2) is 7.78. The molecule has 0 saturated carbocycles. The maximum atomic E-state index is 6.25. The molecule has 0 saturated heterocycles. The lowest BCUT2D eigenvalue weighted by molar-refractivity contribution is 0.265. The third-order valence-corrected chi connectivity index (χ3v) is 3.54. The van der Waals surface area contributed by atoms with E-state index in [0.29, 0.717) is 0 Å². The molecule has 0 spiro atoms. The number of nitrogens with two attached hydrogens (primary N) is 1. The van der Waals surface area contributed by atoms with Gasteiger partial charge in [-0.15, -0.1) is 0 Å². The van der Waals surface area contributed by atoms with Crippen LogP contribution >= 0.6 is 0 Å². The topological polar surface area (TPSA) is 42.1 Å². The van der Waals surface area contributed by atoms with E-state index in [1.165, 1.54) is 5.56 Å². The molecule has 1 aromatic heterocycles. The molecule has 106 valence electrons. The van der Waals surface area contributed by atoms with Crippen LogP contribution in [-0.2, 0) is 6.54 Å². The first kappa shape index (κ1) is 14.7. The van der Waals surface area contributed by atoms with Crippen LogP contribution in [0.3, 0.4) is 0 Å². The van der Waals surface area contributed by atoms with E-state index in [9.17, 15) is 0 Å². The van der Waals surface area contributed by atoms with Gasteiger partial charge in [-0.25, -0.2) is 0 Å². The molecular formula is C17H23N3. The highest BCUT2D eigenvalue weighted by Gasteiger charge is 2.09. The van der Waals surface area contributed by atoms with Crippen molar-refractivity contribution in [3.8, 4) is 0 Å². The monoisotopic (exact) mass is 269 g/mol. The Morgan fingerprint density at radius 3 is 2.50 bits per heavy atom. The number of hydrogen-bond donors (Lipinski definition) is 1. The largest absolute Gasteiger partial charge is 0.324 e. The number of pyridine rings is 1. The van der Waals surface area contributed by atoms with Gasteiger partial charge >= 0.3 is 0 Å². The summed E-state index contributed by atoms with van der Waals surface area (Å²) >= 11 is 0. The molecule has 1 aromatic carbocycles. The van der Waals surface area contributed by atoms with Gasteiger partial charge in [0.25, 0.3) is 0 Å². The van der Waals surface area contributed by atoms with Crippen molar-refractivity contribution in [1.29, 1.82) is 0 Å². The number of nitrogens with zero attached hydrogens (tertiary/aromatic N) is 2. The Morgan fingerprint density at radius 2 is 1.85 bits per heavy atom. The van der Waals surface area contributed by atoms with Crippen LogP contribution in [0.5, 0.6) is 0 Å². The zero-order valence-corrected chi connectivity index (χ0v) is 12.1. The number of aromatic nitrogens is 1. The summed E-state index contributed by atoms with van der Waals surface area (Å²) < 4.78 is 0. The van der Waals surface area contributed by atoms with Crippen LogP contribution in [-0.4, -0.2) is 23.0 Å². The van der Waals surface area contributed by atoms with Crippen molar-refractivity contribution in [2.24, 2.45) is 5.73 Å². The van der Waals surface area contributed by atoms with Gasteiger partial charge in [0.2, 0.25) is 0 Å². The molecule has 0 aliphatic rings. The van der Waals surface area contributed by atoms with Crippen molar-refractivity contribution in [1.82, 2.24) is 9.88 Å². The van der Waals surface area contributed by atoms with E-state index in [1.807, 2.05) is 36.5 Å². The molecule has 0 aliphatic carbocycles. The zero-order chi connectivity index (χ0) is 14.2. The van der Waals surface area contributed by atoms with Crippen LogP contribution in [0.25, 0.3) is 0 Å². The summed E-state index contributed by atoms with van der Waals surface area (Å²) in [5.41, 5.74) is 8.57. The molecular weight excluding hydrogens is 246 g/mol. The van der Waals surface area contributed by atoms with Gasteiger partial charge in [-0.2, -0.15) is 0 Å². The summed E-state index contributed by atoms with van der Waals surface area (Å²) in [6.07, 6.45) is 2.81. The van der Waals surface area contributed by atoms with Crippen molar-refractivity contribution in [3.63, 3.8) is 0 Å². The molecule has 20 heavy (non-hydrogen) atoms. The second-order valence-corrected chi connectivity index (χ2v) is 5.00. The normalized spacial score (nSPS) is 12.6. The van der Waals surface area contributed by atoms with Crippen LogP contribution in [0, 0.1) is 0 Å². The standard InChI is InChI=1S/C17H23N3/c1-2-20(14-16-10-6-7-12-19-16)13-11-17(18)15-8-4-3-5-9-15/h3-10,12,17H,2,11,13-14,18H2,1H3. The minimum absolute atomic E-state index is 0.106. The van der Waals surface area contributed by atoms with Crippen LogP contribution in [0.4, 0.5) is 0 Å². The highest BCUT2D eigenvalue weighted by Crippen LogP contribution is 2.14. The van der Waals surface area contributed by atoms with Crippen LogP contribution in [0.15, 0.2) is 54.7 Å². The van der Waals surface area contributed by atoms with Crippen LogP contribution < -0.4 is 5.73 Å². The van der Waals surface area contributed by atoms with Gasteiger partial charge in [-0.05, 0) is 30.7 Å². The van der Waals surface area contributed by atoms with Gasteiger partial charge in [0, 0.05) is 25.3 Å². The summed E-state index contributed by atoms with van der Waals surface area (Å²) in [5, 5.41) is 0. The van der Waals surface area contributed by atoms with Gasteiger partial charge in [-0.3, -0.25) is 9.88 Å². The number of benzene rings is 1. The fourth-order valence-electron chi connectivity index (χ4n) is 2.26. The Hall–Kier alpha value is -1.71. The molecule has 1 unspecified atom stereocenters. The molecule has 0 fully saturated rings. The maximum Gasteiger partial charge on any atom is 0.0543 e. The zero-order valence-electron chi connectivity index (χ0n) is 12.1. The third kappa shape index (κ3) is 4.44. The molecule has 3 nitrogen and oxygen atoms in total. The van der Waals surface area contributed by atoms with Gasteiger partial charge in [0.05, 0.1) is 5.69 Å². The summed E-state index contributed by atoms with van der Waals surface area (Å²) in [6.45, 7) is 5.07. The summed E-state index contributed by atoms with van der Waals surface area (Å²) in [5.74, 6) is 0. The van der Waals surface area contributed by atoms with Crippen LogP contribution in [0.2, 0.25) is 0 Å². The second-order valence-electron chi connectivity index (χ2n) is 5.00. The average molecular weight is 269 g/mol. The van der Waals surface area contributed by atoms with E-state index in [0.717, 1.165) is 31.7 Å². The average Bonchev–Trinajstić information content (AvgIpc) is 2.53. The van der Waals surface area contributed by atoms with E-state index < -0.39 is 0 Å². The number of hydrogen-bond acceptors (Lipinski definition) is 3. The molecule has 0 radical (unpaired) electrons. The summed E-state index contributed by atoms with van der Waals surface area (Å²) in [7, 11) is 0. The van der Waals surface area contributed by atoms with Crippen molar-refractivity contribution in [3.05, 3.63) is 66.0 Å². The Kier molecular flexibility index (Phi) is 5.71. The molecule has 3 heteroatoms. The molecule has 2 aromatic rings. The minimum atomic E-state index is 0.106. The summed E-state index contributed by atoms with van der Waals surface area (Å²) in [4.78, 5) is 6.76. The number of rotatable bonds is 7. The highest BCUT2D eigenvalue weighted by molar-refractivity contribution is 5.18. The van der Waals surface area contributed by atoms with Crippen LogP contribution in [0.1, 0.15) is 30.6 Å². The van der Waals surface area contributed by atoms with Crippen molar-refractivity contribution in [2.45, 2.75) is 25.9 Å². The Morgan fingerprint density at radius 1 is 1.10 bits per heavy atom. The molecule has 1 atom stereocenters. The Bertz CT molecular complexity index is 484. The molecule has 2 rings (SSSR count). The van der Waals surface area contributed by atoms with E-state index in [4.69, 9.17) is 5.73 Å². The molecule has 2 N–H and O–H groups in total. The van der Waals surface area contributed by atoms with E-state index in [-0.39, 0.29) is 6.04 Å². The van der Waals surface area contributed by atoms with E-state index in [1.54, 1.807) is 0 Å². The Labute approximate surface area is 121 Å². The van der Waals surface area contributed by atoms with E-state index >= 15 is 0 Å². The Balaban J connectivity index is 1.85. The molecule has 0 aliphatic heterocycles. The third-order valence-electron chi connectivity index (χ3n) is 3.54. The van der Waals surface area contributed by atoms with Crippen molar-refractivity contribution in [2.75, 3.05) is 13.1 Å². The lowest BCUT2D eigenvalue weighted by Crippen LogP contribution is -2.27. The lowest BCUT2D eigenvalue weighted by Gasteiger charge is -2.22. The SMILES string of the molecule is CCN(CCC(N)c1ccccc1)Cc1ccccn1. The maximum absolute atomic E-state index is 6.25. The van der Waals surface area contributed by atoms with Crippen molar-refractivity contribution >= 4 is 0 Å². The lowest BCUT2D eigenvalue weighted by atomic mass is 10.0. The predicted molar refractivity (Wildman–Crippen MR) is 83.2 cm³/mol. The smallest absolute Gasteiger partial charge is 0.0543 e. The first-order valence-corrected chi connectivity index (χ1v) is 7.22.